The summed E-state index contributed by atoms with van der Waals surface area (Å²) in [5.41, 5.74) is 3.13. The van der Waals surface area contributed by atoms with E-state index in [1.165, 1.54) is 32.1 Å². The molecule has 5 unspecified atom stereocenters. The van der Waals surface area contributed by atoms with E-state index in [1.807, 2.05) is 0 Å². The molecule has 1 saturated carbocycles. The first-order valence-electron chi connectivity index (χ1n) is 8.33. The van der Waals surface area contributed by atoms with Crippen molar-refractivity contribution in [2.45, 2.75) is 51.1 Å². The second kappa shape index (κ2) is 5.04. The van der Waals surface area contributed by atoms with Crippen molar-refractivity contribution in [1.82, 2.24) is 5.32 Å². The number of nitrogens with one attached hydrogen (secondary N) is 1. The summed E-state index contributed by atoms with van der Waals surface area (Å²) in [6.07, 6.45) is 11.6. The number of fused-ring (bicyclic) bond motifs is 3. The third-order valence-corrected chi connectivity index (χ3v) is 5.81. The van der Waals surface area contributed by atoms with Gasteiger partial charge in [-0.25, -0.2) is 0 Å². The number of hydrogen-bond donors (Lipinski definition) is 1. The lowest BCUT2D eigenvalue weighted by Gasteiger charge is -2.33. The highest BCUT2D eigenvalue weighted by Crippen LogP contribution is 2.45. The number of benzene rings is 1. The Hall–Kier alpha value is -1.08. The summed E-state index contributed by atoms with van der Waals surface area (Å²) < 4.78 is 0. The summed E-state index contributed by atoms with van der Waals surface area (Å²) in [6.45, 7) is 2.41. The minimum atomic E-state index is 0.582. The lowest BCUT2D eigenvalue weighted by atomic mass is 9.84. The van der Waals surface area contributed by atoms with Crippen LogP contribution in [0.1, 0.15) is 49.8 Å². The first kappa shape index (κ1) is 12.6. The van der Waals surface area contributed by atoms with Crippen LogP contribution in [0.25, 0.3) is 0 Å². The summed E-state index contributed by atoms with van der Waals surface area (Å²) in [4.78, 5) is 0. The first-order chi connectivity index (χ1) is 9.81. The highest BCUT2D eigenvalue weighted by molar-refractivity contribution is 5.32. The van der Waals surface area contributed by atoms with Crippen LogP contribution in [0.4, 0.5) is 0 Å². The van der Waals surface area contributed by atoms with Crippen molar-refractivity contribution in [3.8, 4) is 0 Å². The van der Waals surface area contributed by atoms with Gasteiger partial charge in [0.25, 0.3) is 0 Å². The smallest absolute Gasteiger partial charge is 0.0325 e. The molecule has 5 atom stereocenters. The molecule has 2 bridgehead atoms. The van der Waals surface area contributed by atoms with E-state index in [0.717, 1.165) is 17.8 Å². The van der Waals surface area contributed by atoms with Crippen molar-refractivity contribution in [3.05, 3.63) is 47.5 Å². The quantitative estimate of drug-likeness (QED) is 0.807. The topological polar surface area (TPSA) is 12.0 Å². The zero-order chi connectivity index (χ0) is 13.5. The van der Waals surface area contributed by atoms with E-state index < -0.39 is 0 Å². The lowest BCUT2D eigenvalue weighted by molar-refractivity contribution is 0.289. The van der Waals surface area contributed by atoms with Crippen LogP contribution >= 0.6 is 0 Å². The van der Waals surface area contributed by atoms with E-state index in [1.54, 1.807) is 11.1 Å². The van der Waals surface area contributed by atoms with Gasteiger partial charge in [0.1, 0.15) is 0 Å². The largest absolute Gasteiger partial charge is 0.307 e. The van der Waals surface area contributed by atoms with Crippen LogP contribution in [0.3, 0.4) is 0 Å². The number of allylic oxidation sites excluding steroid dienone is 2. The van der Waals surface area contributed by atoms with Crippen LogP contribution in [-0.4, -0.2) is 6.04 Å². The molecule has 1 N–H and O–H groups in total. The molecule has 1 heteroatoms. The van der Waals surface area contributed by atoms with Crippen molar-refractivity contribution in [2.24, 2.45) is 17.8 Å². The predicted octanol–water partition coefficient (Wildman–Crippen LogP) is 4.25. The highest BCUT2D eigenvalue weighted by Gasteiger charge is 2.39. The Kier molecular flexibility index (Phi) is 3.18. The molecule has 1 aromatic carbocycles. The predicted molar refractivity (Wildman–Crippen MR) is 83.6 cm³/mol. The summed E-state index contributed by atoms with van der Waals surface area (Å²) in [6, 6.07) is 10.3. The van der Waals surface area contributed by atoms with Gasteiger partial charge in [0.15, 0.2) is 0 Å². The Morgan fingerprint density at radius 1 is 1.15 bits per heavy atom. The second-order valence-corrected chi connectivity index (χ2v) is 7.04. The fourth-order valence-corrected chi connectivity index (χ4v) is 4.77. The van der Waals surface area contributed by atoms with E-state index in [4.69, 9.17) is 0 Å². The van der Waals surface area contributed by atoms with Gasteiger partial charge >= 0.3 is 0 Å². The Morgan fingerprint density at radius 2 is 2.05 bits per heavy atom. The first-order valence-corrected chi connectivity index (χ1v) is 8.33. The van der Waals surface area contributed by atoms with Crippen LogP contribution in [0.15, 0.2) is 36.4 Å². The minimum Gasteiger partial charge on any atom is -0.307 e. The zero-order valence-corrected chi connectivity index (χ0v) is 12.4. The van der Waals surface area contributed by atoms with E-state index >= 15 is 0 Å². The van der Waals surface area contributed by atoms with Crippen LogP contribution in [-0.2, 0) is 6.42 Å². The van der Waals surface area contributed by atoms with Gasteiger partial charge in [0, 0.05) is 12.1 Å². The van der Waals surface area contributed by atoms with Crippen LogP contribution in [0.2, 0.25) is 0 Å². The molecular weight excluding hydrogens is 242 g/mol. The minimum absolute atomic E-state index is 0.582. The molecule has 106 valence electrons. The third kappa shape index (κ3) is 2.13. The standard InChI is InChI=1S/C19H25N/c1-13(18-12-14-9-10-16(18)11-14)20-19-8-4-6-15-5-2-3-7-17(15)19/h2-3,5,7,9-10,13-14,16,18-20H,4,6,8,11-12H2,1H3. The van der Waals surface area contributed by atoms with Crippen molar-refractivity contribution in [2.75, 3.05) is 0 Å². The molecule has 0 saturated heterocycles. The molecule has 0 amide bonds. The van der Waals surface area contributed by atoms with Gasteiger partial charge < -0.3 is 5.32 Å². The van der Waals surface area contributed by atoms with Crippen LogP contribution < -0.4 is 5.32 Å². The number of aryl methyl sites for hydroxylation is 1. The maximum Gasteiger partial charge on any atom is 0.0325 e. The molecule has 1 aromatic rings. The molecule has 0 heterocycles. The van der Waals surface area contributed by atoms with E-state index in [-0.39, 0.29) is 0 Å². The van der Waals surface area contributed by atoms with Crippen molar-refractivity contribution >= 4 is 0 Å². The fraction of sp³-hybridized carbons (Fsp3) is 0.579. The maximum atomic E-state index is 3.97. The second-order valence-electron chi connectivity index (χ2n) is 7.04. The lowest BCUT2D eigenvalue weighted by Crippen LogP contribution is -2.39. The number of hydrogen-bond acceptors (Lipinski definition) is 1. The molecule has 3 aliphatic rings. The van der Waals surface area contributed by atoms with Crippen LogP contribution in [0, 0.1) is 17.8 Å². The monoisotopic (exact) mass is 267 g/mol. The molecule has 3 aliphatic carbocycles. The molecule has 0 radical (unpaired) electrons. The fourth-order valence-electron chi connectivity index (χ4n) is 4.77. The molecule has 20 heavy (non-hydrogen) atoms. The van der Waals surface area contributed by atoms with E-state index in [9.17, 15) is 0 Å². The Labute approximate surface area is 122 Å². The molecule has 1 fully saturated rings. The Bertz CT molecular complexity index is 518. The van der Waals surface area contributed by atoms with Gasteiger partial charge in [-0.1, -0.05) is 36.4 Å². The Morgan fingerprint density at radius 3 is 2.85 bits per heavy atom. The molecular formula is C19H25N. The average Bonchev–Trinajstić information content (AvgIpc) is 3.10. The normalized spacial score (nSPS) is 36.0. The Balaban J connectivity index is 1.48. The van der Waals surface area contributed by atoms with Gasteiger partial charge in [-0.05, 0) is 67.9 Å². The van der Waals surface area contributed by atoms with Gasteiger partial charge in [-0.2, -0.15) is 0 Å². The maximum absolute atomic E-state index is 3.97. The molecule has 0 aromatic heterocycles. The highest BCUT2D eigenvalue weighted by atomic mass is 15.0. The summed E-state index contributed by atoms with van der Waals surface area (Å²) in [5.74, 6) is 2.59. The number of rotatable bonds is 3. The molecule has 1 nitrogen and oxygen atoms in total. The van der Waals surface area contributed by atoms with Crippen molar-refractivity contribution in [3.63, 3.8) is 0 Å². The van der Waals surface area contributed by atoms with Crippen molar-refractivity contribution < 1.29 is 0 Å². The van der Waals surface area contributed by atoms with E-state index in [0.29, 0.717) is 12.1 Å². The van der Waals surface area contributed by atoms with Gasteiger partial charge in [0.2, 0.25) is 0 Å². The van der Waals surface area contributed by atoms with E-state index in [2.05, 4.69) is 48.7 Å². The van der Waals surface area contributed by atoms with Gasteiger partial charge in [-0.15, -0.1) is 0 Å². The molecule has 0 aliphatic heterocycles. The zero-order valence-electron chi connectivity index (χ0n) is 12.4. The summed E-state index contributed by atoms with van der Waals surface area (Å²) >= 11 is 0. The summed E-state index contributed by atoms with van der Waals surface area (Å²) in [7, 11) is 0. The summed E-state index contributed by atoms with van der Waals surface area (Å²) in [5, 5.41) is 3.97. The SMILES string of the molecule is CC(NC1CCCc2ccccc21)C1CC2C=CC1C2. The van der Waals surface area contributed by atoms with Gasteiger partial charge in [-0.3, -0.25) is 0 Å². The van der Waals surface area contributed by atoms with Crippen LogP contribution in [0.5, 0.6) is 0 Å². The average molecular weight is 267 g/mol. The molecule has 4 rings (SSSR count). The van der Waals surface area contributed by atoms with Crippen molar-refractivity contribution in [1.29, 1.82) is 0 Å². The van der Waals surface area contributed by atoms with Gasteiger partial charge in [0.05, 0.1) is 0 Å². The molecule has 0 spiro atoms. The third-order valence-electron chi connectivity index (χ3n) is 5.81.